The first-order valence-corrected chi connectivity index (χ1v) is 9.33. The summed E-state index contributed by atoms with van der Waals surface area (Å²) in [6, 6.07) is 25.0. The Bertz CT molecular complexity index is 1130. The van der Waals surface area contributed by atoms with Gasteiger partial charge in [0.15, 0.2) is 6.61 Å². The molecular weight excluding hydrogens is 418 g/mol. The molecule has 1 aromatic heterocycles. The minimum Gasteiger partial charge on any atom is -0.484 e. The van der Waals surface area contributed by atoms with E-state index in [1.54, 1.807) is 12.1 Å². The number of nitrogens with zero attached hydrogens (tertiary/aromatic N) is 3. The Labute approximate surface area is 170 Å². The maximum absolute atomic E-state index is 8.88. The van der Waals surface area contributed by atoms with Gasteiger partial charge < -0.3 is 9.15 Å². The predicted octanol–water partition coefficient (Wildman–Crippen LogP) is 5.62. The van der Waals surface area contributed by atoms with Gasteiger partial charge in [-0.05, 0) is 63.5 Å². The zero-order valence-corrected chi connectivity index (χ0v) is 16.3. The van der Waals surface area contributed by atoms with E-state index in [4.69, 9.17) is 14.4 Å². The summed E-state index contributed by atoms with van der Waals surface area (Å²) in [6.07, 6.45) is 0. The second-order valence-corrected chi connectivity index (χ2v) is 6.84. The van der Waals surface area contributed by atoms with E-state index in [9.17, 15) is 0 Å². The average molecular weight is 432 g/mol. The van der Waals surface area contributed by atoms with Crippen molar-refractivity contribution < 1.29 is 9.15 Å². The maximum Gasteiger partial charge on any atom is 0.254 e. The molecular formula is C22H14BrN3O2. The van der Waals surface area contributed by atoms with E-state index >= 15 is 0 Å². The molecule has 4 rings (SSSR count). The van der Waals surface area contributed by atoms with E-state index in [0.29, 0.717) is 23.1 Å². The van der Waals surface area contributed by atoms with Crippen molar-refractivity contribution >= 4 is 15.9 Å². The number of hydrogen-bond acceptors (Lipinski definition) is 5. The zero-order chi connectivity index (χ0) is 19.3. The number of benzene rings is 3. The highest BCUT2D eigenvalue weighted by molar-refractivity contribution is 9.10. The fourth-order valence-electron chi connectivity index (χ4n) is 2.68. The second kappa shape index (κ2) is 8.07. The van der Waals surface area contributed by atoms with Gasteiger partial charge >= 0.3 is 0 Å². The largest absolute Gasteiger partial charge is 0.484 e. The monoisotopic (exact) mass is 431 g/mol. The number of aromatic nitrogens is 2. The Hall–Kier alpha value is -3.43. The molecule has 0 atom stereocenters. The van der Waals surface area contributed by atoms with Gasteiger partial charge in [-0.25, -0.2) is 0 Å². The lowest BCUT2D eigenvalue weighted by molar-refractivity contribution is 0.264. The average Bonchev–Trinajstić information content (AvgIpc) is 3.22. The SMILES string of the molecule is N#Cc1ccc(-c2ccc(OCc3nnc(-c4ccccc4Br)o3)cc2)cc1. The number of hydrogen-bond donors (Lipinski definition) is 0. The van der Waals surface area contributed by atoms with E-state index in [2.05, 4.69) is 32.2 Å². The third kappa shape index (κ3) is 3.95. The van der Waals surface area contributed by atoms with Crippen molar-refractivity contribution in [2.24, 2.45) is 0 Å². The lowest BCUT2D eigenvalue weighted by Crippen LogP contribution is -1.95. The summed E-state index contributed by atoms with van der Waals surface area (Å²) in [4.78, 5) is 0. The Morgan fingerprint density at radius 3 is 2.25 bits per heavy atom. The summed E-state index contributed by atoms with van der Waals surface area (Å²) < 4.78 is 12.3. The van der Waals surface area contributed by atoms with Crippen LogP contribution in [0.15, 0.2) is 81.7 Å². The Kier molecular flexibility index (Phi) is 5.18. The first-order valence-electron chi connectivity index (χ1n) is 8.53. The van der Waals surface area contributed by atoms with Gasteiger partial charge in [0.2, 0.25) is 5.89 Å². The first kappa shape index (κ1) is 18.0. The molecule has 0 bridgehead atoms. The van der Waals surface area contributed by atoms with Crippen LogP contribution < -0.4 is 4.74 Å². The molecule has 0 aliphatic carbocycles. The van der Waals surface area contributed by atoms with Gasteiger partial charge in [0.25, 0.3) is 5.89 Å². The third-order valence-corrected chi connectivity index (χ3v) is 4.83. The molecule has 136 valence electrons. The van der Waals surface area contributed by atoms with Crippen LogP contribution in [0.2, 0.25) is 0 Å². The van der Waals surface area contributed by atoms with Crippen molar-refractivity contribution in [1.29, 1.82) is 5.26 Å². The fourth-order valence-corrected chi connectivity index (χ4v) is 3.14. The van der Waals surface area contributed by atoms with Gasteiger partial charge in [-0.2, -0.15) is 5.26 Å². The van der Waals surface area contributed by atoms with Crippen molar-refractivity contribution in [1.82, 2.24) is 10.2 Å². The molecule has 0 saturated heterocycles. The second-order valence-electron chi connectivity index (χ2n) is 5.98. The summed E-state index contributed by atoms with van der Waals surface area (Å²) in [5.41, 5.74) is 3.57. The topological polar surface area (TPSA) is 71.9 Å². The van der Waals surface area contributed by atoms with Crippen LogP contribution >= 0.6 is 15.9 Å². The third-order valence-electron chi connectivity index (χ3n) is 4.14. The van der Waals surface area contributed by atoms with Gasteiger partial charge in [-0.1, -0.05) is 36.4 Å². The molecule has 0 N–H and O–H groups in total. The van der Waals surface area contributed by atoms with Crippen LogP contribution in [0.4, 0.5) is 0 Å². The summed E-state index contributed by atoms with van der Waals surface area (Å²) in [5.74, 6) is 1.56. The van der Waals surface area contributed by atoms with Crippen LogP contribution in [0.1, 0.15) is 11.5 Å². The fraction of sp³-hybridized carbons (Fsp3) is 0.0455. The van der Waals surface area contributed by atoms with Gasteiger partial charge in [-0.15, -0.1) is 10.2 Å². The smallest absolute Gasteiger partial charge is 0.254 e. The quantitative estimate of drug-likeness (QED) is 0.410. The summed E-state index contributed by atoms with van der Waals surface area (Å²) >= 11 is 3.48. The molecule has 3 aromatic carbocycles. The summed E-state index contributed by atoms with van der Waals surface area (Å²) in [5, 5.41) is 17.0. The van der Waals surface area contributed by atoms with Crippen molar-refractivity contribution in [3.8, 4) is 34.4 Å². The van der Waals surface area contributed by atoms with Crippen molar-refractivity contribution in [3.05, 3.63) is 88.7 Å². The molecule has 0 aliphatic rings. The zero-order valence-electron chi connectivity index (χ0n) is 14.7. The van der Waals surface area contributed by atoms with Crippen molar-refractivity contribution in [3.63, 3.8) is 0 Å². The molecule has 6 heteroatoms. The first-order chi connectivity index (χ1) is 13.7. The lowest BCUT2D eigenvalue weighted by atomic mass is 10.0. The van der Waals surface area contributed by atoms with Gasteiger partial charge in [-0.3, -0.25) is 0 Å². The van der Waals surface area contributed by atoms with E-state index in [1.165, 1.54) is 0 Å². The molecule has 28 heavy (non-hydrogen) atoms. The van der Waals surface area contributed by atoms with Crippen LogP contribution in [0.3, 0.4) is 0 Å². The van der Waals surface area contributed by atoms with E-state index < -0.39 is 0 Å². The standard InChI is InChI=1S/C22H14BrN3O2/c23-20-4-2-1-3-19(20)22-26-25-21(28-22)14-27-18-11-9-17(10-12-18)16-7-5-15(13-24)6-8-16/h1-12H,14H2. The molecule has 0 saturated carbocycles. The number of ether oxygens (including phenoxy) is 1. The van der Waals surface area contributed by atoms with Gasteiger partial charge in [0.05, 0.1) is 17.2 Å². The highest BCUT2D eigenvalue weighted by Crippen LogP contribution is 2.27. The molecule has 0 amide bonds. The molecule has 5 nitrogen and oxygen atoms in total. The normalized spacial score (nSPS) is 10.4. The van der Waals surface area contributed by atoms with Gasteiger partial charge in [0.1, 0.15) is 5.75 Å². The van der Waals surface area contributed by atoms with Crippen LogP contribution in [-0.4, -0.2) is 10.2 Å². The van der Waals surface area contributed by atoms with Crippen molar-refractivity contribution in [2.45, 2.75) is 6.61 Å². The molecule has 0 fully saturated rings. The van der Waals surface area contributed by atoms with E-state index in [0.717, 1.165) is 21.2 Å². The molecule has 0 unspecified atom stereocenters. The Balaban J connectivity index is 1.41. The highest BCUT2D eigenvalue weighted by Gasteiger charge is 2.11. The molecule has 0 radical (unpaired) electrons. The van der Waals surface area contributed by atoms with E-state index in [1.807, 2.05) is 60.7 Å². The maximum atomic E-state index is 8.88. The Morgan fingerprint density at radius 2 is 1.57 bits per heavy atom. The highest BCUT2D eigenvalue weighted by atomic mass is 79.9. The van der Waals surface area contributed by atoms with Crippen LogP contribution in [-0.2, 0) is 6.61 Å². The molecule has 0 aliphatic heterocycles. The van der Waals surface area contributed by atoms with Crippen molar-refractivity contribution in [2.75, 3.05) is 0 Å². The number of rotatable bonds is 5. The van der Waals surface area contributed by atoms with Gasteiger partial charge in [0, 0.05) is 4.47 Å². The van der Waals surface area contributed by atoms with Crippen LogP contribution in [0, 0.1) is 11.3 Å². The van der Waals surface area contributed by atoms with E-state index in [-0.39, 0.29) is 6.61 Å². The minimum atomic E-state index is 0.188. The summed E-state index contributed by atoms with van der Waals surface area (Å²) in [6.45, 7) is 0.188. The molecule has 4 aromatic rings. The summed E-state index contributed by atoms with van der Waals surface area (Å²) in [7, 11) is 0. The predicted molar refractivity (Wildman–Crippen MR) is 108 cm³/mol. The number of nitriles is 1. The lowest BCUT2D eigenvalue weighted by Gasteiger charge is -2.06. The van der Waals surface area contributed by atoms with Crippen LogP contribution in [0.5, 0.6) is 5.75 Å². The van der Waals surface area contributed by atoms with Crippen LogP contribution in [0.25, 0.3) is 22.6 Å². The Morgan fingerprint density at radius 1 is 0.893 bits per heavy atom. The molecule has 0 spiro atoms. The molecule has 1 heterocycles. The minimum absolute atomic E-state index is 0.188. The number of halogens is 1.